The molecule has 4 rings (SSSR count). The largest absolute Gasteiger partial charge is 0.490 e. The fraction of sp³-hybridized carbons (Fsp3) is 0.481. The maximum atomic E-state index is 12.4. The van der Waals surface area contributed by atoms with Crippen LogP contribution in [0.15, 0.2) is 29.8 Å². The summed E-state index contributed by atoms with van der Waals surface area (Å²) in [6.45, 7) is 4.19. The van der Waals surface area contributed by atoms with E-state index in [1.165, 1.54) is 15.6 Å². The van der Waals surface area contributed by atoms with E-state index in [1.807, 2.05) is 23.7 Å². The first-order chi connectivity index (χ1) is 19.2. The Morgan fingerprint density at radius 2 is 1.90 bits per heavy atom. The minimum atomic E-state index is -5.03. The molecule has 0 bridgehead atoms. The van der Waals surface area contributed by atoms with Crippen molar-refractivity contribution >= 4 is 44.1 Å². The topological polar surface area (TPSA) is 126 Å². The number of carbonyl (C=O) groups is 2. The first kappa shape index (κ1) is 31.0. The van der Waals surface area contributed by atoms with Crippen molar-refractivity contribution in [2.45, 2.75) is 51.4 Å². The van der Waals surface area contributed by atoms with Gasteiger partial charge in [-0.15, -0.1) is 11.3 Å². The van der Waals surface area contributed by atoms with Crippen LogP contribution in [-0.4, -0.2) is 79.2 Å². The van der Waals surface area contributed by atoms with Crippen LogP contribution in [0.3, 0.4) is 0 Å². The van der Waals surface area contributed by atoms with Crippen LogP contribution in [0.2, 0.25) is 0 Å². The highest BCUT2D eigenvalue weighted by Crippen LogP contribution is 2.38. The molecule has 1 amide bonds. The van der Waals surface area contributed by atoms with Crippen LogP contribution in [0.1, 0.15) is 53.4 Å². The number of nitrogens with zero attached hydrogens (tertiary/aromatic N) is 2. The third-order valence-corrected chi connectivity index (χ3v) is 10.4. The minimum Gasteiger partial charge on any atom is -0.457 e. The van der Waals surface area contributed by atoms with E-state index in [9.17, 15) is 31.2 Å². The van der Waals surface area contributed by atoms with E-state index < -0.39 is 40.7 Å². The number of halogens is 3. The third kappa shape index (κ3) is 6.93. The van der Waals surface area contributed by atoms with Gasteiger partial charge in [0.25, 0.3) is 5.91 Å². The summed E-state index contributed by atoms with van der Waals surface area (Å²) in [6, 6.07) is 5.22. The lowest BCUT2D eigenvalue weighted by atomic mass is 9.88. The van der Waals surface area contributed by atoms with Crippen LogP contribution in [0.5, 0.6) is 0 Å². The summed E-state index contributed by atoms with van der Waals surface area (Å²) >= 11 is 1.46. The second-order valence-electron chi connectivity index (χ2n) is 10.3. The highest BCUT2D eigenvalue weighted by Gasteiger charge is 2.41. The van der Waals surface area contributed by atoms with Crippen molar-refractivity contribution in [3.63, 3.8) is 0 Å². The number of hydrogen-bond acceptors (Lipinski definition) is 7. The molecule has 0 spiro atoms. The summed E-state index contributed by atoms with van der Waals surface area (Å²) in [7, 11) is -1.52. The molecule has 9 nitrogen and oxygen atoms in total. The molecule has 14 heteroatoms. The predicted octanol–water partition coefficient (Wildman–Crippen LogP) is 4.45. The Bertz CT molecular complexity index is 1530. The van der Waals surface area contributed by atoms with Gasteiger partial charge in [0.2, 0.25) is 10.0 Å². The van der Waals surface area contributed by atoms with Crippen molar-refractivity contribution in [2.24, 2.45) is 5.73 Å². The lowest BCUT2D eigenvalue weighted by molar-refractivity contribution is -0.200. The number of aromatic nitrogens is 1. The van der Waals surface area contributed by atoms with Gasteiger partial charge in [-0.25, -0.2) is 17.5 Å². The maximum absolute atomic E-state index is 12.4. The molecule has 3 heterocycles. The molecule has 0 radical (unpaired) electrons. The zero-order valence-corrected chi connectivity index (χ0v) is 24.6. The SMILES string of the molecule is CCS(=O)(=O)N1CCC(c2c[nH]c3c(C(N)=O)cc(-c4csc(CN(C)[C@@H](C)COC(=O)C(F)(F)F)c4)cc23)CC1. The molecule has 0 unspecified atom stereocenters. The Morgan fingerprint density at radius 3 is 2.51 bits per heavy atom. The highest BCUT2D eigenvalue weighted by molar-refractivity contribution is 7.89. The number of esters is 1. The Labute approximate surface area is 240 Å². The number of piperidine rings is 1. The summed E-state index contributed by atoms with van der Waals surface area (Å²) in [5.41, 5.74) is 9.37. The number of nitrogens with two attached hydrogens (primary N) is 1. The summed E-state index contributed by atoms with van der Waals surface area (Å²) in [5, 5.41) is 2.79. The van der Waals surface area contributed by atoms with Crippen LogP contribution in [0.25, 0.3) is 22.0 Å². The molecular formula is C27H33F3N4O5S2. The summed E-state index contributed by atoms with van der Waals surface area (Å²) < 4.78 is 67.8. The van der Waals surface area contributed by atoms with Gasteiger partial charge in [0.1, 0.15) is 6.61 Å². The minimum absolute atomic E-state index is 0.0684. The zero-order chi connectivity index (χ0) is 30.1. The fourth-order valence-electron chi connectivity index (χ4n) is 5.00. The molecule has 1 aromatic carbocycles. The number of fused-ring (bicyclic) bond motifs is 1. The number of hydrogen-bond donors (Lipinski definition) is 2. The zero-order valence-electron chi connectivity index (χ0n) is 23.0. The number of nitrogens with one attached hydrogen (secondary N) is 1. The third-order valence-electron chi connectivity index (χ3n) is 7.57. The van der Waals surface area contributed by atoms with E-state index in [-0.39, 0.29) is 11.7 Å². The number of alkyl halides is 3. The van der Waals surface area contributed by atoms with Crippen molar-refractivity contribution in [1.82, 2.24) is 14.2 Å². The number of amides is 1. The fourth-order valence-corrected chi connectivity index (χ4v) is 7.09. The number of ether oxygens (including phenoxy) is 1. The van der Waals surface area contributed by atoms with Crippen LogP contribution < -0.4 is 5.73 Å². The van der Waals surface area contributed by atoms with Gasteiger partial charge in [0, 0.05) is 42.1 Å². The van der Waals surface area contributed by atoms with Crippen molar-refractivity contribution in [3.05, 3.63) is 45.8 Å². The average molecular weight is 615 g/mol. The summed E-state index contributed by atoms with van der Waals surface area (Å²) in [5.74, 6) is -2.61. The average Bonchev–Trinajstić information content (AvgIpc) is 3.57. The van der Waals surface area contributed by atoms with Crippen molar-refractivity contribution in [3.8, 4) is 11.1 Å². The number of aromatic amines is 1. The van der Waals surface area contributed by atoms with Crippen LogP contribution in [0.4, 0.5) is 13.2 Å². The number of sulfonamides is 1. The smallest absolute Gasteiger partial charge is 0.457 e. The second-order valence-corrected chi connectivity index (χ2v) is 13.5. The second kappa shape index (κ2) is 12.1. The Morgan fingerprint density at radius 1 is 1.22 bits per heavy atom. The molecule has 1 fully saturated rings. The first-order valence-electron chi connectivity index (χ1n) is 13.2. The molecule has 224 valence electrons. The van der Waals surface area contributed by atoms with Gasteiger partial charge in [-0.05, 0) is 79.9 Å². The standard InChI is InChI=1S/C27H33F3N4O5S2/c1-4-41(37,38)34-7-5-17(6-8-34)23-12-32-24-21(23)10-18(11-22(24)25(31)35)19-9-20(40-15-19)13-33(3)16(2)14-39-26(36)27(28,29)30/h9-12,15-17,32H,4-8,13-14H2,1-3H3,(H2,31,35)/t16-/m0/s1. The van der Waals surface area contributed by atoms with E-state index in [0.717, 1.165) is 27.0 Å². The molecule has 3 N–H and O–H groups in total. The molecule has 1 aliphatic rings. The van der Waals surface area contributed by atoms with Gasteiger partial charge in [-0.2, -0.15) is 13.2 Å². The summed E-state index contributed by atoms with van der Waals surface area (Å²) in [4.78, 5) is 29.3. The molecule has 2 aromatic heterocycles. The normalized spacial score (nSPS) is 16.4. The first-order valence-corrected chi connectivity index (χ1v) is 15.6. The van der Waals surface area contributed by atoms with Crippen molar-refractivity contribution in [2.75, 3.05) is 32.5 Å². The number of likely N-dealkylation sites (N-methyl/N-ethyl adjacent to an activating group) is 1. The number of carbonyl (C=O) groups excluding carboxylic acids is 2. The number of benzene rings is 1. The van der Waals surface area contributed by atoms with E-state index in [2.05, 4.69) is 9.72 Å². The number of H-pyrrole nitrogens is 1. The van der Waals surface area contributed by atoms with Gasteiger partial charge in [0.05, 0.1) is 16.8 Å². The Kier molecular flexibility index (Phi) is 9.16. The number of primary amides is 1. The molecule has 0 saturated carbocycles. The van der Waals surface area contributed by atoms with Crippen molar-refractivity contribution in [1.29, 1.82) is 0 Å². The molecule has 41 heavy (non-hydrogen) atoms. The molecule has 1 atom stereocenters. The van der Waals surface area contributed by atoms with E-state index >= 15 is 0 Å². The van der Waals surface area contributed by atoms with Crippen LogP contribution in [0, 0.1) is 0 Å². The molecule has 3 aromatic rings. The molecule has 1 saturated heterocycles. The molecule has 0 aliphatic carbocycles. The predicted molar refractivity (Wildman–Crippen MR) is 151 cm³/mol. The van der Waals surface area contributed by atoms with Gasteiger partial charge in [0.15, 0.2) is 0 Å². The Balaban J connectivity index is 1.53. The van der Waals surface area contributed by atoms with Gasteiger partial charge >= 0.3 is 12.1 Å². The lowest BCUT2D eigenvalue weighted by Crippen LogP contribution is -2.38. The van der Waals surface area contributed by atoms with Crippen molar-refractivity contribution < 1.29 is 35.9 Å². The Hall–Kier alpha value is -2.94. The van der Waals surface area contributed by atoms with E-state index in [0.29, 0.717) is 43.6 Å². The maximum Gasteiger partial charge on any atom is 0.490 e. The van der Waals surface area contributed by atoms with Crippen LogP contribution >= 0.6 is 11.3 Å². The van der Waals surface area contributed by atoms with E-state index in [1.54, 1.807) is 31.9 Å². The lowest BCUT2D eigenvalue weighted by Gasteiger charge is -2.31. The van der Waals surface area contributed by atoms with Gasteiger partial charge in [-0.1, -0.05) is 0 Å². The molecular weight excluding hydrogens is 581 g/mol. The van der Waals surface area contributed by atoms with Gasteiger partial charge < -0.3 is 15.5 Å². The monoisotopic (exact) mass is 614 g/mol. The number of rotatable bonds is 10. The van der Waals surface area contributed by atoms with Crippen LogP contribution in [-0.2, 0) is 26.1 Å². The summed E-state index contributed by atoms with van der Waals surface area (Å²) in [6.07, 6.45) is -1.84. The van der Waals surface area contributed by atoms with E-state index in [4.69, 9.17) is 5.73 Å². The quantitative estimate of drug-likeness (QED) is 0.325. The molecule has 1 aliphatic heterocycles. The number of thiophene rings is 1. The highest BCUT2D eigenvalue weighted by atomic mass is 32.2. The van der Waals surface area contributed by atoms with Gasteiger partial charge in [-0.3, -0.25) is 9.69 Å².